The average molecular weight is 282 g/mol. The van der Waals surface area contributed by atoms with Gasteiger partial charge in [0.05, 0.1) is 9.90 Å². The van der Waals surface area contributed by atoms with Crippen molar-refractivity contribution >= 4 is 41.1 Å². The summed E-state index contributed by atoms with van der Waals surface area (Å²) in [6.07, 6.45) is 1.63. The van der Waals surface area contributed by atoms with E-state index in [4.69, 9.17) is 11.6 Å². The van der Waals surface area contributed by atoms with Crippen molar-refractivity contribution in [2.75, 3.05) is 6.54 Å². The molecule has 0 fully saturated rings. The summed E-state index contributed by atoms with van der Waals surface area (Å²) < 4.78 is 0. The highest BCUT2D eigenvalue weighted by Gasteiger charge is 2.08. The molecule has 0 aliphatic rings. The van der Waals surface area contributed by atoms with Crippen LogP contribution in [0.4, 0.5) is 0 Å². The Morgan fingerprint density at radius 3 is 2.81 bits per heavy atom. The lowest BCUT2D eigenvalue weighted by Crippen LogP contribution is -2.27. The molecule has 1 aromatic heterocycles. The summed E-state index contributed by atoms with van der Waals surface area (Å²) in [6, 6.07) is 2.21. The van der Waals surface area contributed by atoms with Gasteiger partial charge in [0.1, 0.15) is 0 Å². The molecule has 0 aliphatic carbocycles. The zero-order valence-electron chi connectivity index (χ0n) is 9.46. The van der Waals surface area contributed by atoms with Crippen LogP contribution in [0.25, 0.3) is 0 Å². The lowest BCUT2D eigenvalue weighted by Gasteiger charge is -2.09. The van der Waals surface area contributed by atoms with E-state index in [1.807, 2.05) is 0 Å². The summed E-state index contributed by atoms with van der Waals surface area (Å²) in [7, 11) is 0. The summed E-state index contributed by atoms with van der Waals surface area (Å²) in [6.45, 7) is 4.98. The molecule has 0 aliphatic heterocycles. The predicted molar refractivity (Wildman–Crippen MR) is 73.3 cm³/mol. The second kappa shape index (κ2) is 8.07. The molecule has 1 heterocycles. The molecule has 1 rings (SSSR count). The molecule has 16 heavy (non-hydrogen) atoms. The second-order valence-corrected chi connectivity index (χ2v) is 4.91. The number of carbonyl (C=O) groups is 1. The van der Waals surface area contributed by atoms with E-state index in [9.17, 15) is 4.79 Å². The Balaban J connectivity index is 0.00000225. The number of carbonyl (C=O) groups excluding carboxylic acids is 1. The Morgan fingerprint density at radius 2 is 2.31 bits per heavy atom. The van der Waals surface area contributed by atoms with E-state index in [1.165, 1.54) is 11.3 Å². The Morgan fingerprint density at radius 1 is 1.62 bits per heavy atom. The standard InChI is InChI=1S/C11H16ClNOS.ClH/c1-3-8(2)13-5-4-10(14)11-6-9(12)7-15-11;/h6-8,13H,3-5H2,1-2H3;1H. The minimum Gasteiger partial charge on any atom is -0.314 e. The second-order valence-electron chi connectivity index (χ2n) is 3.57. The summed E-state index contributed by atoms with van der Waals surface area (Å²) >= 11 is 7.17. The quantitative estimate of drug-likeness (QED) is 0.804. The lowest BCUT2D eigenvalue weighted by molar-refractivity contribution is 0.0985. The van der Waals surface area contributed by atoms with Gasteiger partial charge < -0.3 is 5.32 Å². The molecular formula is C11H17Cl2NOS. The van der Waals surface area contributed by atoms with Crippen LogP contribution in [-0.2, 0) is 0 Å². The smallest absolute Gasteiger partial charge is 0.174 e. The lowest BCUT2D eigenvalue weighted by atomic mass is 10.2. The third-order valence-electron chi connectivity index (χ3n) is 2.30. The monoisotopic (exact) mass is 281 g/mol. The molecule has 2 nitrogen and oxygen atoms in total. The van der Waals surface area contributed by atoms with Gasteiger partial charge in [0, 0.05) is 24.4 Å². The van der Waals surface area contributed by atoms with E-state index < -0.39 is 0 Å². The van der Waals surface area contributed by atoms with Gasteiger partial charge in [0.2, 0.25) is 0 Å². The average Bonchev–Trinajstić information content (AvgIpc) is 2.64. The molecule has 1 N–H and O–H groups in total. The topological polar surface area (TPSA) is 29.1 Å². The molecule has 0 saturated heterocycles. The number of nitrogens with one attached hydrogen (secondary N) is 1. The molecule has 0 aromatic carbocycles. The van der Waals surface area contributed by atoms with Gasteiger partial charge in [0.15, 0.2) is 5.78 Å². The first-order valence-electron chi connectivity index (χ1n) is 5.14. The van der Waals surface area contributed by atoms with E-state index in [0.717, 1.165) is 17.8 Å². The normalized spacial score (nSPS) is 11.9. The van der Waals surface area contributed by atoms with E-state index in [2.05, 4.69) is 19.2 Å². The van der Waals surface area contributed by atoms with Crippen LogP contribution in [0.2, 0.25) is 5.02 Å². The third kappa shape index (κ3) is 5.30. The summed E-state index contributed by atoms with van der Waals surface area (Å²) in [5.74, 6) is 0.169. The van der Waals surface area contributed by atoms with Crippen molar-refractivity contribution in [1.29, 1.82) is 0 Å². The largest absolute Gasteiger partial charge is 0.314 e. The van der Waals surface area contributed by atoms with Gasteiger partial charge in [-0.3, -0.25) is 4.79 Å². The van der Waals surface area contributed by atoms with Crippen molar-refractivity contribution < 1.29 is 4.79 Å². The molecular weight excluding hydrogens is 265 g/mol. The van der Waals surface area contributed by atoms with E-state index in [1.54, 1.807) is 11.4 Å². The van der Waals surface area contributed by atoms with Gasteiger partial charge in [-0.05, 0) is 19.4 Å². The highest BCUT2D eigenvalue weighted by Crippen LogP contribution is 2.20. The van der Waals surface area contributed by atoms with Crippen molar-refractivity contribution in [3.05, 3.63) is 21.3 Å². The number of rotatable bonds is 6. The number of Topliss-reactive ketones (excluding diaryl/α,β-unsaturated/α-hetero) is 1. The first kappa shape index (κ1) is 15.9. The minimum absolute atomic E-state index is 0. The first-order chi connectivity index (χ1) is 7.13. The maximum Gasteiger partial charge on any atom is 0.174 e. The van der Waals surface area contributed by atoms with Crippen LogP contribution >= 0.6 is 35.3 Å². The van der Waals surface area contributed by atoms with Crippen LogP contribution in [-0.4, -0.2) is 18.4 Å². The molecule has 0 radical (unpaired) electrons. The SMILES string of the molecule is CCC(C)NCCC(=O)c1cc(Cl)cs1.Cl. The molecule has 0 spiro atoms. The number of halogens is 2. The van der Waals surface area contributed by atoms with Gasteiger partial charge in [0.25, 0.3) is 0 Å². The maximum absolute atomic E-state index is 11.6. The molecule has 1 unspecified atom stereocenters. The zero-order chi connectivity index (χ0) is 11.3. The van der Waals surface area contributed by atoms with E-state index >= 15 is 0 Å². The predicted octanol–water partition coefficient (Wildman–Crippen LogP) is 3.78. The maximum atomic E-state index is 11.6. The van der Waals surface area contributed by atoms with Crippen molar-refractivity contribution in [2.45, 2.75) is 32.7 Å². The molecule has 0 saturated carbocycles. The highest BCUT2D eigenvalue weighted by molar-refractivity contribution is 7.12. The number of thiophene rings is 1. The van der Waals surface area contributed by atoms with Gasteiger partial charge in [-0.25, -0.2) is 0 Å². The Bertz CT molecular complexity index is 328. The minimum atomic E-state index is 0. The molecule has 5 heteroatoms. The van der Waals surface area contributed by atoms with Crippen molar-refractivity contribution in [3.63, 3.8) is 0 Å². The van der Waals surface area contributed by atoms with E-state index in [-0.39, 0.29) is 18.2 Å². The Labute approximate surface area is 112 Å². The summed E-state index contributed by atoms with van der Waals surface area (Å²) in [4.78, 5) is 12.4. The summed E-state index contributed by atoms with van der Waals surface area (Å²) in [5, 5.41) is 5.73. The fourth-order valence-corrected chi connectivity index (χ4v) is 2.20. The molecule has 1 aromatic rings. The number of hydrogen-bond acceptors (Lipinski definition) is 3. The van der Waals surface area contributed by atoms with Gasteiger partial charge in [-0.2, -0.15) is 0 Å². The van der Waals surface area contributed by atoms with Crippen molar-refractivity contribution in [1.82, 2.24) is 5.32 Å². The number of ketones is 1. The van der Waals surface area contributed by atoms with Crippen LogP contribution in [0.5, 0.6) is 0 Å². The van der Waals surface area contributed by atoms with Crippen LogP contribution < -0.4 is 5.32 Å². The van der Waals surface area contributed by atoms with Crippen LogP contribution in [0, 0.1) is 0 Å². The van der Waals surface area contributed by atoms with E-state index in [0.29, 0.717) is 17.5 Å². The van der Waals surface area contributed by atoms with Crippen LogP contribution in [0.3, 0.4) is 0 Å². The first-order valence-corrected chi connectivity index (χ1v) is 6.40. The Kier molecular flexibility index (Phi) is 8.02. The molecule has 92 valence electrons. The molecule has 0 amide bonds. The van der Waals surface area contributed by atoms with Gasteiger partial charge in [-0.1, -0.05) is 18.5 Å². The number of hydrogen-bond donors (Lipinski definition) is 1. The van der Waals surface area contributed by atoms with Crippen LogP contribution in [0.1, 0.15) is 36.4 Å². The highest BCUT2D eigenvalue weighted by atomic mass is 35.5. The van der Waals surface area contributed by atoms with Gasteiger partial charge in [-0.15, -0.1) is 23.7 Å². The molecule has 0 bridgehead atoms. The molecule has 1 atom stereocenters. The summed E-state index contributed by atoms with van der Waals surface area (Å²) in [5.41, 5.74) is 0. The fraction of sp³-hybridized carbons (Fsp3) is 0.545. The zero-order valence-corrected chi connectivity index (χ0v) is 11.8. The van der Waals surface area contributed by atoms with Crippen LogP contribution in [0.15, 0.2) is 11.4 Å². The third-order valence-corrected chi connectivity index (χ3v) is 3.62. The fourth-order valence-electron chi connectivity index (χ4n) is 1.16. The van der Waals surface area contributed by atoms with Crippen molar-refractivity contribution in [3.8, 4) is 0 Å². The Hall–Kier alpha value is -0.0900. The van der Waals surface area contributed by atoms with Gasteiger partial charge >= 0.3 is 0 Å². The van der Waals surface area contributed by atoms with Crippen molar-refractivity contribution in [2.24, 2.45) is 0 Å².